The summed E-state index contributed by atoms with van der Waals surface area (Å²) in [4.78, 5) is 0. The second-order valence-corrected chi connectivity index (χ2v) is 20.8. The maximum absolute atomic E-state index is 2.31. The third-order valence-corrected chi connectivity index (χ3v) is 7.52. The Morgan fingerprint density at radius 1 is 0.533 bits per heavy atom. The van der Waals surface area contributed by atoms with Gasteiger partial charge < -0.3 is 24.8 Å². The Morgan fingerprint density at radius 3 is 1.69 bits per heavy atom. The van der Waals surface area contributed by atoms with Gasteiger partial charge in [-0.2, -0.15) is 6.07 Å². The van der Waals surface area contributed by atoms with Crippen LogP contribution in [0.1, 0.15) is 16.7 Å². The van der Waals surface area contributed by atoms with Gasteiger partial charge in [-0.25, -0.2) is 0 Å². The van der Waals surface area contributed by atoms with Crippen molar-refractivity contribution in [1.29, 1.82) is 0 Å². The Balaban J connectivity index is 0.000000216. The topological polar surface area (TPSA) is 0 Å². The second-order valence-electron chi connectivity index (χ2n) is 11.4. The normalized spacial score (nSPS) is 10.1. The van der Waals surface area contributed by atoms with E-state index in [0.717, 1.165) is 0 Å². The third kappa shape index (κ3) is 9.27. The zero-order valence-electron chi connectivity index (χ0n) is 26.5. The molecule has 0 nitrogen and oxygen atoms in total. The van der Waals surface area contributed by atoms with E-state index in [1.165, 1.54) is 71.6 Å². The molecule has 0 saturated heterocycles. The molecular formula is C41H38Cl2SiZr-2. The first-order valence-electron chi connectivity index (χ1n) is 14.9. The van der Waals surface area contributed by atoms with Gasteiger partial charge in [0.1, 0.15) is 0 Å². The zero-order valence-corrected chi connectivity index (χ0v) is 31.5. The largest absolute Gasteiger partial charge is 1.00 e. The second kappa shape index (κ2) is 17.1. The van der Waals surface area contributed by atoms with E-state index in [2.05, 4.69) is 173 Å². The van der Waals surface area contributed by atoms with Crippen molar-refractivity contribution in [2.24, 2.45) is 0 Å². The summed E-state index contributed by atoms with van der Waals surface area (Å²) in [5.41, 5.74) is 12.0. The summed E-state index contributed by atoms with van der Waals surface area (Å²) < 4.78 is 0. The Hall–Kier alpha value is -3.00. The Bertz CT molecular complexity index is 1980. The van der Waals surface area contributed by atoms with E-state index in [1.54, 1.807) is 23.3 Å². The summed E-state index contributed by atoms with van der Waals surface area (Å²) in [5.74, 6) is 0. The predicted octanol–water partition coefficient (Wildman–Crippen LogP) is 5.84. The minimum absolute atomic E-state index is 0. The van der Waals surface area contributed by atoms with Gasteiger partial charge in [-0.1, -0.05) is 139 Å². The van der Waals surface area contributed by atoms with Crippen LogP contribution in [0, 0.1) is 20.8 Å². The van der Waals surface area contributed by atoms with Gasteiger partial charge in [0.25, 0.3) is 0 Å². The smallest absolute Gasteiger partial charge is 0.0259 e. The molecule has 0 spiro atoms. The maximum atomic E-state index is 2.31. The number of benzene rings is 5. The first kappa shape index (κ1) is 36.5. The molecule has 4 heteroatoms. The number of halogens is 2. The van der Waals surface area contributed by atoms with Crippen LogP contribution in [0.4, 0.5) is 0 Å². The monoisotopic (exact) mass is 718 g/mol. The molecular weight excluding hydrogens is 683 g/mol. The SMILES string of the molecule is C[Si](C)=[Zr+2].Cc1cc2c(-c3ccccc3)ccc(C)c2[cH-]1.Cc1cccc(-c2cc3c(-c4ccccc4)cccc3[cH-]2)c1.[Cl-].[Cl-]. The van der Waals surface area contributed by atoms with Crippen molar-refractivity contribution < 1.29 is 48.1 Å². The summed E-state index contributed by atoms with van der Waals surface area (Å²) in [6.45, 7) is 11.1. The van der Waals surface area contributed by atoms with Crippen molar-refractivity contribution in [1.82, 2.24) is 0 Å². The minimum Gasteiger partial charge on any atom is -1.00 e. The van der Waals surface area contributed by atoms with Gasteiger partial charge in [0, 0.05) is 0 Å². The third-order valence-electron chi connectivity index (χ3n) is 7.52. The Kier molecular flexibility index (Phi) is 13.8. The molecule has 0 amide bonds. The van der Waals surface area contributed by atoms with Crippen molar-refractivity contribution >= 4 is 27.0 Å². The summed E-state index contributed by atoms with van der Waals surface area (Å²) in [5, 5.41) is 5.38. The summed E-state index contributed by atoms with van der Waals surface area (Å²) >= 11 is 1.74. The molecule has 0 N–H and O–H groups in total. The van der Waals surface area contributed by atoms with Gasteiger partial charge in [0.2, 0.25) is 0 Å². The van der Waals surface area contributed by atoms with Gasteiger partial charge in [0.05, 0.1) is 0 Å². The van der Waals surface area contributed by atoms with Crippen LogP contribution in [-0.2, 0) is 23.3 Å². The molecule has 0 fully saturated rings. The molecule has 45 heavy (non-hydrogen) atoms. The number of aryl methyl sites for hydroxylation is 3. The van der Waals surface area contributed by atoms with E-state index >= 15 is 0 Å². The predicted molar refractivity (Wildman–Crippen MR) is 187 cm³/mol. The molecule has 226 valence electrons. The molecule has 0 aliphatic heterocycles. The summed E-state index contributed by atoms with van der Waals surface area (Å²) in [6, 6.07) is 50.0. The van der Waals surface area contributed by atoms with Gasteiger partial charge >= 0.3 is 41.9 Å². The van der Waals surface area contributed by atoms with Crippen LogP contribution in [0.2, 0.25) is 13.1 Å². The number of hydrogen-bond donors (Lipinski definition) is 0. The maximum Gasteiger partial charge on any atom is -0.0259 e. The Morgan fingerprint density at radius 2 is 1.09 bits per heavy atom. The van der Waals surface area contributed by atoms with Crippen molar-refractivity contribution in [3.63, 3.8) is 0 Å². The molecule has 7 rings (SSSR count). The van der Waals surface area contributed by atoms with Crippen LogP contribution in [0.3, 0.4) is 0 Å². The molecule has 7 aromatic rings. The number of fused-ring (bicyclic) bond motifs is 2. The summed E-state index contributed by atoms with van der Waals surface area (Å²) in [6.07, 6.45) is 0. The fourth-order valence-electron chi connectivity index (χ4n) is 5.55. The average molecular weight is 721 g/mol. The van der Waals surface area contributed by atoms with Gasteiger partial charge in [0.15, 0.2) is 0 Å². The van der Waals surface area contributed by atoms with E-state index in [0.29, 0.717) is 0 Å². The fraction of sp³-hybridized carbons (Fsp3) is 0.122. The molecule has 0 atom stereocenters. The van der Waals surface area contributed by atoms with Crippen LogP contribution in [0.5, 0.6) is 0 Å². The average Bonchev–Trinajstić information content (AvgIpc) is 3.63. The van der Waals surface area contributed by atoms with Crippen molar-refractivity contribution in [3.05, 3.63) is 156 Å². The van der Waals surface area contributed by atoms with Crippen LogP contribution < -0.4 is 24.8 Å². The number of hydrogen-bond acceptors (Lipinski definition) is 0. The van der Waals surface area contributed by atoms with Crippen molar-refractivity contribution in [2.45, 2.75) is 33.9 Å². The number of rotatable bonds is 3. The van der Waals surface area contributed by atoms with Crippen LogP contribution in [0.25, 0.3) is 54.9 Å². The van der Waals surface area contributed by atoms with Crippen LogP contribution in [-0.4, -0.2) is 5.43 Å². The fourth-order valence-corrected chi connectivity index (χ4v) is 5.55. The molecule has 0 aliphatic rings. The van der Waals surface area contributed by atoms with Gasteiger partial charge in [-0.15, -0.1) is 68.6 Å². The van der Waals surface area contributed by atoms with Gasteiger partial charge in [-0.05, 0) is 18.1 Å². The molecule has 0 unspecified atom stereocenters. The molecule has 7 aromatic carbocycles. The van der Waals surface area contributed by atoms with Crippen LogP contribution >= 0.6 is 0 Å². The standard InChI is InChI=1S/C22H17.C17H15.C2H6Si.2ClH.Zr/c1-16-7-5-10-18(13-16)20-14-19-11-6-12-21(22(19)15-20)17-8-3-2-4-9-17;1-12-10-16-13(2)8-9-15(17(16)11-12)14-6-4-3-5-7-14;1-3-2;;;/h2-15H,1H3;3-11H,1-2H3;1-2H3;2*1H;/q2*-1;;;;+2/p-2. The van der Waals surface area contributed by atoms with Crippen molar-refractivity contribution in [2.75, 3.05) is 0 Å². The quantitative estimate of drug-likeness (QED) is 0.159. The molecule has 0 aliphatic carbocycles. The minimum atomic E-state index is 0. The van der Waals surface area contributed by atoms with E-state index in [1.807, 2.05) is 0 Å². The van der Waals surface area contributed by atoms with E-state index < -0.39 is 0 Å². The Labute approximate surface area is 296 Å². The molecule has 0 aromatic heterocycles. The van der Waals surface area contributed by atoms with E-state index in [4.69, 9.17) is 0 Å². The zero-order chi connectivity index (χ0) is 30.3. The van der Waals surface area contributed by atoms with E-state index in [9.17, 15) is 0 Å². The first-order valence-corrected chi connectivity index (χ1v) is 21.0. The summed E-state index contributed by atoms with van der Waals surface area (Å²) in [7, 11) is 0. The van der Waals surface area contributed by atoms with Crippen molar-refractivity contribution in [3.8, 4) is 33.4 Å². The molecule has 0 heterocycles. The first-order chi connectivity index (χ1) is 20.8. The molecule has 0 saturated carbocycles. The van der Waals surface area contributed by atoms with Gasteiger partial charge in [-0.3, -0.25) is 0 Å². The van der Waals surface area contributed by atoms with Crippen LogP contribution in [0.15, 0.2) is 140 Å². The molecule has 0 bridgehead atoms. The molecule has 0 radical (unpaired) electrons. The van der Waals surface area contributed by atoms with E-state index in [-0.39, 0.29) is 30.2 Å².